The predicted molar refractivity (Wildman–Crippen MR) is 109 cm³/mol. The van der Waals surface area contributed by atoms with Gasteiger partial charge in [-0.05, 0) is 50.3 Å². The van der Waals surface area contributed by atoms with Crippen LogP contribution in [0, 0.1) is 11.7 Å². The van der Waals surface area contributed by atoms with Gasteiger partial charge in [-0.25, -0.2) is 9.18 Å². The Morgan fingerprint density at radius 1 is 1.34 bits per heavy atom. The van der Waals surface area contributed by atoms with Crippen LogP contribution in [0.3, 0.4) is 0 Å². The summed E-state index contributed by atoms with van der Waals surface area (Å²) in [5.41, 5.74) is 0.943. The highest BCUT2D eigenvalue weighted by atomic mass is 19.1. The Balaban J connectivity index is 1.60. The van der Waals surface area contributed by atoms with E-state index in [-0.39, 0.29) is 30.2 Å². The standard InChI is InChI=1S/C21H31FN4O3/c1-4-28-21(27)25-18(15-5-6-15)11-24-20(23-3)26-12-14(2)29-19(13-26)16-7-9-17(22)10-8-16/h7-10,14-15,18-19H,4-6,11-13H2,1-3H3,(H,23,24)(H,25,27). The molecular weight excluding hydrogens is 375 g/mol. The van der Waals surface area contributed by atoms with Crippen LogP contribution in [0.4, 0.5) is 9.18 Å². The lowest BCUT2D eigenvalue weighted by Crippen LogP contribution is -2.53. The van der Waals surface area contributed by atoms with Crippen molar-refractivity contribution in [1.29, 1.82) is 0 Å². The fraction of sp³-hybridized carbons (Fsp3) is 0.619. The monoisotopic (exact) mass is 406 g/mol. The second-order valence-corrected chi connectivity index (χ2v) is 7.63. The Hall–Kier alpha value is -2.35. The van der Waals surface area contributed by atoms with E-state index in [1.54, 1.807) is 26.1 Å². The van der Waals surface area contributed by atoms with Crippen molar-refractivity contribution in [2.24, 2.45) is 10.9 Å². The van der Waals surface area contributed by atoms with Gasteiger partial charge in [0.1, 0.15) is 11.9 Å². The summed E-state index contributed by atoms with van der Waals surface area (Å²) in [6, 6.07) is 6.45. The van der Waals surface area contributed by atoms with E-state index in [0.717, 1.165) is 24.4 Å². The van der Waals surface area contributed by atoms with Crippen molar-refractivity contribution in [2.45, 2.75) is 44.9 Å². The maximum absolute atomic E-state index is 13.3. The van der Waals surface area contributed by atoms with E-state index in [4.69, 9.17) is 9.47 Å². The molecule has 1 aromatic rings. The molecule has 3 unspecified atom stereocenters. The van der Waals surface area contributed by atoms with Crippen molar-refractivity contribution < 1.29 is 18.7 Å². The van der Waals surface area contributed by atoms with Gasteiger partial charge in [0.15, 0.2) is 5.96 Å². The van der Waals surface area contributed by atoms with E-state index >= 15 is 0 Å². The van der Waals surface area contributed by atoms with Gasteiger partial charge in [0.05, 0.1) is 25.3 Å². The molecule has 1 aliphatic carbocycles. The molecule has 1 amide bonds. The number of ether oxygens (including phenoxy) is 2. The Bertz CT molecular complexity index is 708. The lowest BCUT2D eigenvalue weighted by Gasteiger charge is -2.39. The SMILES string of the molecule is CCOC(=O)NC(CNC(=NC)N1CC(C)OC(c2ccc(F)cc2)C1)C1CC1. The molecule has 7 nitrogen and oxygen atoms in total. The normalized spacial score (nSPS) is 23.4. The smallest absolute Gasteiger partial charge is 0.407 e. The van der Waals surface area contributed by atoms with Gasteiger partial charge in [-0.1, -0.05) is 12.1 Å². The Labute approximate surface area is 171 Å². The van der Waals surface area contributed by atoms with Crippen LogP contribution in [0.2, 0.25) is 0 Å². The number of hydrogen-bond donors (Lipinski definition) is 2. The van der Waals surface area contributed by atoms with E-state index in [2.05, 4.69) is 20.5 Å². The lowest BCUT2D eigenvalue weighted by molar-refractivity contribution is -0.0605. The number of carbonyl (C=O) groups excluding carboxylic acids is 1. The van der Waals surface area contributed by atoms with Crippen molar-refractivity contribution in [1.82, 2.24) is 15.5 Å². The third-order valence-electron chi connectivity index (χ3n) is 5.26. The fourth-order valence-corrected chi connectivity index (χ4v) is 3.68. The van der Waals surface area contributed by atoms with E-state index in [1.165, 1.54) is 12.1 Å². The number of halogens is 1. The van der Waals surface area contributed by atoms with Gasteiger partial charge in [0.2, 0.25) is 0 Å². The molecule has 0 radical (unpaired) electrons. The molecule has 1 heterocycles. The largest absolute Gasteiger partial charge is 0.450 e. The van der Waals surface area contributed by atoms with Crippen molar-refractivity contribution in [3.63, 3.8) is 0 Å². The maximum atomic E-state index is 13.3. The third-order valence-corrected chi connectivity index (χ3v) is 5.26. The minimum absolute atomic E-state index is 0.00855. The molecule has 1 saturated carbocycles. The zero-order valence-electron chi connectivity index (χ0n) is 17.4. The van der Waals surface area contributed by atoms with E-state index in [1.807, 2.05) is 6.92 Å². The number of aliphatic imine (C=N–C) groups is 1. The summed E-state index contributed by atoms with van der Waals surface area (Å²) in [4.78, 5) is 18.4. The van der Waals surface area contributed by atoms with Crippen LogP contribution in [-0.4, -0.2) is 62.4 Å². The highest BCUT2D eigenvalue weighted by molar-refractivity contribution is 5.80. The highest BCUT2D eigenvalue weighted by Gasteiger charge is 2.34. The van der Waals surface area contributed by atoms with Crippen LogP contribution in [0.15, 0.2) is 29.3 Å². The number of rotatable bonds is 6. The number of nitrogens with one attached hydrogen (secondary N) is 2. The van der Waals surface area contributed by atoms with Crippen molar-refractivity contribution in [2.75, 3.05) is 33.3 Å². The molecule has 2 aliphatic rings. The number of nitrogens with zero attached hydrogens (tertiary/aromatic N) is 2. The quantitative estimate of drug-likeness (QED) is 0.561. The summed E-state index contributed by atoms with van der Waals surface area (Å²) in [7, 11) is 1.75. The van der Waals surface area contributed by atoms with Gasteiger partial charge in [0.25, 0.3) is 0 Å². The van der Waals surface area contributed by atoms with Gasteiger partial charge in [0, 0.05) is 20.1 Å². The molecule has 1 aromatic carbocycles. The van der Waals surface area contributed by atoms with Crippen molar-refractivity contribution in [3.8, 4) is 0 Å². The first-order valence-corrected chi connectivity index (χ1v) is 10.3. The van der Waals surface area contributed by atoms with Crippen LogP contribution in [0.25, 0.3) is 0 Å². The summed E-state index contributed by atoms with van der Waals surface area (Å²) in [5, 5.41) is 6.35. The molecule has 0 spiro atoms. The molecule has 3 atom stereocenters. The van der Waals surface area contributed by atoms with Gasteiger partial charge in [-0.2, -0.15) is 0 Å². The topological polar surface area (TPSA) is 75.2 Å². The molecule has 0 aromatic heterocycles. The molecule has 29 heavy (non-hydrogen) atoms. The lowest BCUT2D eigenvalue weighted by atomic mass is 10.1. The summed E-state index contributed by atoms with van der Waals surface area (Å²) < 4.78 is 24.3. The second-order valence-electron chi connectivity index (χ2n) is 7.63. The van der Waals surface area contributed by atoms with Crippen LogP contribution < -0.4 is 10.6 Å². The zero-order chi connectivity index (χ0) is 20.8. The summed E-state index contributed by atoms with van der Waals surface area (Å²) in [5.74, 6) is 0.983. The molecule has 160 valence electrons. The number of amides is 1. The van der Waals surface area contributed by atoms with E-state index in [9.17, 15) is 9.18 Å². The van der Waals surface area contributed by atoms with Crippen LogP contribution in [-0.2, 0) is 9.47 Å². The van der Waals surface area contributed by atoms with Crippen LogP contribution in [0.5, 0.6) is 0 Å². The number of guanidine groups is 1. The molecule has 2 fully saturated rings. The second kappa shape index (κ2) is 9.91. The Kier molecular flexibility index (Phi) is 7.30. The minimum Gasteiger partial charge on any atom is -0.450 e. The van der Waals surface area contributed by atoms with Crippen molar-refractivity contribution in [3.05, 3.63) is 35.6 Å². The summed E-state index contributed by atoms with van der Waals surface area (Å²) in [6.07, 6.45) is 1.69. The Morgan fingerprint density at radius 3 is 2.69 bits per heavy atom. The average molecular weight is 407 g/mol. The number of alkyl carbamates (subject to hydrolysis) is 1. The van der Waals surface area contributed by atoms with Crippen molar-refractivity contribution >= 4 is 12.1 Å². The summed E-state index contributed by atoms with van der Waals surface area (Å²) in [6.45, 7) is 6.08. The van der Waals surface area contributed by atoms with Crippen LogP contribution >= 0.6 is 0 Å². The first-order chi connectivity index (χ1) is 14.0. The Morgan fingerprint density at radius 2 is 2.07 bits per heavy atom. The molecule has 1 saturated heterocycles. The maximum Gasteiger partial charge on any atom is 0.407 e. The average Bonchev–Trinajstić information content (AvgIpc) is 3.53. The summed E-state index contributed by atoms with van der Waals surface area (Å²) >= 11 is 0. The molecule has 8 heteroatoms. The highest BCUT2D eigenvalue weighted by Crippen LogP contribution is 2.32. The minimum atomic E-state index is -0.377. The molecule has 0 bridgehead atoms. The predicted octanol–water partition coefficient (Wildman–Crippen LogP) is 2.69. The van der Waals surface area contributed by atoms with Crippen LogP contribution in [0.1, 0.15) is 38.4 Å². The fourth-order valence-electron chi connectivity index (χ4n) is 3.68. The number of carbonyl (C=O) groups is 1. The van der Waals surface area contributed by atoms with Gasteiger partial charge in [-0.15, -0.1) is 0 Å². The molecule has 2 N–H and O–H groups in total. The molecule has 1 aliphatic heterocycles. The number of hydrogen-bond acceptors (Lipinski definition) is 4. The third kappa shape index (κ3) is 6.06. The zero-order valence-corrected chi connectivity index (χ0v) is 17.4. The van der Waals surface area contributed by atoms with Gasteiger partial charge < -0.3 is 25.0 Å². The first kappa shape index (κ1) is 21.4. The molecular formula is C21H31FN4O3. The van der Waals surface area contributed by atoms with Gasteiger partial charge >= 0.3 is 6.09 Å². The number of benzene rings is 1. The van der Waals surface area contributed by atoms with E-state index < -0.39 is 0 Å². The first-order valence-electron chi connectivity index (χ1n) is 10.3. The van der Waals surface area contributed by atoms with Gasteiger partial charge in [-0.3, -0.25) is 4.99 Å². The number of morpholine rings is 1. The molecule has 3 rings (SSSR count). The van der Waals surface area contributed by atoms with E-state index in [0.29, 0.717) is 32.2 Å².